The molecule has 0 radical (unpaired) electrons. The van der Waals surface area contributed by atoms with Crippen molar-refractivity contribution in [3.8, 4) is 11.1 Å². The predicted octanol–water partition coefficient (Wildman–Crippen LogP) is 8.71. The van der Waals surface area contributed by atoms with Crippen LogP contribution >= 0.6 is 0 Å². The Morgan fingerprint density at radius 1 is 0.881 bits per heavy atom. The molecule has 1 aliphatic rings. The van der Waals surface area contributed by atoms with Gasteiger partial charge in [0.1, 0.15) is 5.76 Å². The van der Waals surface area contributed by atoms with Gasteiger partial charge in [-0.2, -0.15) is 13.2 Å². The fraction of sp³-hybridized carbons (Fsp3) is 0.229. The van der Waals surface area contributed by atoms with Crippen LogP contribution in [0.15, 0.2) is 115 Å². The van der Waals surface area contributed by atoms with Crippen molar-refractivity contribution in [1.29, 1.82) is 0 Å². The lowest BCUT2D eigenvalue weighted by Gasteiger charge is -2.38. The lowest BCUT2D eigenvalue weighted by atomic mass is 9.88. The summed E-state index contributed by atoms with van der Waals surface area (Å²) in [5, 5.41) is 2.94. The molecule has 0 aliphatic carbocycles. The van der Waals surface area contributed by atoms with E-state index >= 15 is 0 Å². The predicted molar refractivity (Wildman–Crippen MR) is 160 cm³/mol. The van der Waals surface area contributed by atoms with Crippen LogP contribution in [0.1, 0.15) is 51.8 Å². The maximum Gasteiger partial charge on any atom is 0.416 e. The zero-order chi connectivity index (χ0) is 29.7. The maximum absolute atomic E-state index is 13.2. The van der Waals surface area contributed by atoms with Crippen molar-refractivity contribution in [2.24, 2.45) is 0 Å². The minimum absolute atomic E-state index is 0.0141. The molecule has 7 heteroatoms. The zero-order valence-corrected chi connectivity index (χ0v) is 23.4. The van der Waals surface area contributed by atoms with E-state index in [9.17, 15) is 18.0 Å². The maximum atomic E-state index is 13.2. The fourth-order valence-electron chi connectivity index (χ4n) is 5.65. The molecule has 4 aromatic carbocycles. The van der Waals surface area contributed by atoms with Crippen LogP contribution < -0.4 is 5.32 Å². The summed E-state index contributed by atoms with van der Waals surface area (Å²) < 4.78 is 44.5. The molecule has 1 amide bonds. The molecule has 4 nitrogen and oxygen atoms in total. The standard InChI is InChI=1S/C35H33F3N2O2/c1-24(42-2)33(28-8-4-3-5-9-28)40-22-20-26(21-23-40)25-14-18-30(19-15-25)39-34(41)32-11-7-6-10-31(32)27-12-16-29(17-13-27)35(36,37)38/h3-19,26,33H,1,20-23H2,2H3,(H,39,41)/t33-/m1/s1. The number of benzene rings is 4. The summed E-state index contributed by atoms with van der Waals surface area (Å²) in [4.78, 5) is 15.6. The van der Waals surface area contributed by atoms with Crippen molar-refractivity contribution in [3.05, 3.63) is 138 Å². The molecule has 1 saturated heterocycles. The van der Waals surface area contributed by atoms with E-state index in [1.54, 1.807) is 31.4 Å². The number of halogens is 3. The first-order chi connectivity index (χ1) is 20.2. The van der Waals surface area contributed by atoms with E-state index in [-0.39, 0.29) is 11.9 Å². The van der Waals surface area contributed by atoms with E-state index in [1.807, 2.05) is 30.3 Å². The van der Waals surface area contributed by atoms with Crippen LogP contribution in [-0.4, -0.2) is 31.0 Å². The highest BCUT2D eigenvalue weighted by molar-refractivity contribution is 6.08. The highest BCUT2D eigenvalue weighted by Crippen LogP contribution is 2.36. The van der Waals surface area contributed by atoms with Crippen LogP contribution in [0.25, 0.3) is 11.1 Å². The Balaban J connectivity index is 1.23. The number of alkyl halides is 3. The van der Waals surface area contributed by atoms with Crippen molar-refractivity contribution >= 4 is 11.6 Å². The molecule has 0 unspecified atom stereocenters. The minimum Gasteiger partial charge on any atom is -0.500 e. The molecule has 0 bridgehead atoms. The van der Waals surface area contributed by atoms with Crippen molar-refractivity contribution in [1.82, 2.24) is 4.90 Å². The monoisotopic (exact) mass is 570 g/mol. The average molecular weight is 571 g/mol. The Morgan fingerprint density at radius 3 is 2.12 bits per heavy atom. The normalized spacial score (nSPS) is 15.1. The van der Waals surface area contributed by atoms with Crippen LogP contribution in [-0.2, 0) is 10.9 Å². The topological polar surface area (TPSA) is 41.6 Å². The van der Waals surface area contributed by atoms with Gasteiger partial charge >= 0.3 is 6.18 Å². The lowest BCUT2D eigenvalue weighted by Crippen LogP contribution is -2.37. The number of anilines is 1. The molecule has 1 atom stereocenters. The second kappa shape index (κ2) is 12.7. The SMILES string of the molecule is C=C(OC)[C@H](c1ccccc1)N1CCC(c2ccc(NC(=O)c3ccccc3-c3ccc(C(F)(F)F)cc3)cc2)CC1. The molecular weight excluding hydrogens is 537 g/mol. The quantitative estimate of drug-likeness (QED) is 0.216. The number of amides is 1. The van der Waals surface area contributed by atoms with Gasteiger partial charge in [-0.1, -0.05) is 79.4 Å². The van der Waals surface area contributed by atoms with Gasteiger partial charge in [-0.3, -0.25) is 9.69 Å². The second-order valence-electron chi connectivity index (χ2n) is 10.5. The summed E-state index contributed by atoms with van der Waals surface area (Å²) in [6, 6.07) is 30.0. The van der Waals surface area contributed by atoms with Gasteiger partial charge in [0, 0.05) is 11.3 Å². The van der Waals surface area contributed by atoms with Crippen molar-refractivity contribution in [2.45, 2.75) is 31.0 Å². The molecule has 1 heterocycles. The number of rotatable bonds is 8. The van der Waals surface area contributed by atoms with Gasteiger partial charge in [0.05, 0.1) is 18.7 Å². The fourth-order valence-corrected chi connectivity index (χ4v) is 5.65. The molecule has 5 rings (SSSR count). The summed E-state index contributed by atoms with van der Waals surface area (Å²) in [6.45, 7) is 5.97. The van der Waals surface area contributed by atoms with Gasteiger partial charge in [-0.25, -0.2) is 0 Å². The molecule has 0 spiro atoms. The first-order valence-corrected chi connectivity index (χ1v) is 13.9. The lowest BCUT2D eigenvalue weighted by molar-refractivity contribution is -0.137. The Hall–Kier alpha value is -4.36. The Kier molecular flexibility index (Phi) is 8.78. The Labute approximate surface area is 244 Å². The zero-order valence-electron chi connectivity index (χ0n) is 23.4. The number of nitrogens with zero attached hydrogens (tertiary/aromatic N) is 1. The summed E-state index contributed by atoms with van der Waals surface area (Å²) in [5.41, 5.74) is 3.82. The van der Waals surface area contributed by atoms with Crippen molar-refractivity contribution in [2.75, 3.05) is 25.5 Å². The van der Waals surface area contributed by atoms with Gasteiger partial charge in [0.25, 0.3) is 5.91 Å². The first-order valence-electron chi connectivity index (χ1n) is 13.9. The summed E-state index contributed by atoms with van der Waals surface area (Å²) in [7, 11) is 1.67. The van der Waals surface area contributed by atoms with Crippen LogP contribution in [0, 0.1) is 0 Å². The number of hydrogen-bond donors (Lipinski definition) is 1. The molecular formula is C35H33F3N2O2. The van der Waals surface area contributed by atoms with Crippen molar-refractivity contribution in [3.63, 3.8) is 0 Å². The first kappa shape index (κ1) is 29.1. The third kappa shape index (κ3) is 6.58. The average Bonchev–Trinajstić information content (AvgIpc) is 3.02. The van der Waals surface area contributed by atoms with Gasteiger partial charge in [0.15, 0.2) is 0 Å². The molecule has 0 saturated carbocycles. The van der Waals surface area contributed by atoms with Crippen LogP contribution in [0.5, 0.6) is 0 Å². The van der Waals surface area contributed by atoms with Gasteiger partial charge in [0.2, 0.25) is 0 Å². The molecule has 0 aromatic heterocycles. The van der Waals surface area contributed by atoms with Gasteiger partial charge in [-0.05, 0) is 84.4 Å². The third-order valence-electron chi connectivity index (χ3n) is 7.91. The second-order valence-corrected chi connectivity index (χ2v) is 10.5. The minimum atomic E-state index is -4.41. The largest absolute Gasteiger partial charge is 0.500 e. The number of piperidine rings is 1. The number of methoxy groups -OCH3 is 1. The van der Waals surface area contributed by atoms with E-state index in [0.717, 1.165) is 43.8 Å². The number of likely N-dealkylation sites (tertiary alicyclic amines) is 1. The number of carbonyl (C=O) groups is 1. The van der Waals surface area contributed by atoms with E-state index < -0.39 is 11.7 Å². The summed E-state index contributed by atoms with van der Waals surface area (Å²) in [5.74, 6) is 0.815. The van der Waals surface area contributed by atoms with Crippen LogP contribution in [0.4, 0.5) is 18.9 Å². The number of hydrogen-bond acceptors (Lipinski definition) is 3. The van der Waals surface area contributed by atoms with Crippen LogP contribution in [0.3, 0.4) is 0 Å². The molecule has 42 heavy (non-hydrogen) atoms. The molecule has 1 fully saturated rings. The Bertz CT molecular complexity index is 1510. The number of nitrogens with one attached hydrogen (secondary N) is 1. The summed E-state index contributed by atoms with van der Waals surface area (Å²) >= 11 is 0. The van der Waals surface area contributed by atoms with E-state index in [2.05, 4.69) is 41.1 Å². The van der Waals surface area contributed by atoms with Gasteiger partial charge < -0.3 is 10.1 Å². The number of ether oxygens (including phenoxy) is 1. The Morgan fingerprint density at radius 2 is 1.50 bits per heavy atom. The van der Waals surface area contributed by atoms with E-state index in [1.165, 1.54) is 23.3 Å². The third-order valence-corrected chi connectivity index (χ3v) is 7.91. The van der Waals surface area contributed by atoms with Gasteiger partial charge in [-0.15, -0.1) is 0 Å². The molecule has 1 aliphatic heterocycles. The number of carbonyl (C=O) groups excluding carboxylic acids is 1. The van der Waals surface area contributed by atoms with E-state index in [0.29, 0.717) is 28.3 Å². The highest BCUT2D eigenvalue weighted by atomic mass is 19.4. The van der Waals surface area contributed by atoms with E-state index in [4.69, 9.17) is 4.74 Å². The van der Waals surface area contributed by atoms with Crippen LogP contribution in [0.2, 0.25) is 0 Å². The summed E-state index contributed by atoms with van der Waals surface area (Å²) in [6.07, 6.45) is -2.43. The molecule has 4 aromatic rings. The van der Waals surface area contributed by atoms with Crippen molar-refractivity contribution < 1.29 is 22.7 Å². The highest BCUT2D eigenvalue weighted by Gasteiger charge is 2.31. The smallest absolute Gasteiger partial charge is 0.416 e. The molecule has 216 valence electrons. The molecule has 1 N–H and O–H groups in total.